The van der Waals surface area contributed by atoms with Gasteiger partial charge >= 0.3 is 5.97 Å². The van der Waals surface area contributed by atoms with Crippen LogP contribution in [0.4, 0.5) is 5.69 Å². The number of rotatable bonds is 3. The van der Waals surface area contributed by atoms with E-state index in [9.17, 15) is 4.79 Å². The lowest BCUT2D eigenvalue weighted by Gasteiger charge is -2.13. The van der Waals surface area contributed by atoms with E-state index < -0.39 is 5.97 Å². The van der Waals surface area contributed by atoms with Crippen molar-refractivity contribution in [3.8, 4) is 11.5 Å². The maximum absolute atomic E-state index is 11.0. The first-order valence-electron chi connectivity index (χ1n) is 6.27. The van der Waals surface area contributed by atoms with E-state index in [2.05, 4.69) is 0 Å². The number of aryl methyl sites for hydroxylation is 3. The standard InChI is InChI=1S/C16H17NO3/c1-9-6-11(3)14(7-10(9)2)20-15-8-12(16(18)19)4-5-13(15)17/h4-8H,17H2,1-3H3,(H,18,19). The third-order valence-corrected chi connectivity index (χ3v) is 3.27. The van der Waals surface area contributed by atoms with Crippen molar-refractivity contribution in [3.05, 3.63) is 52.6 Å². The molecule has 0 spiro atoms. The Morgan fingerprint density at radius 3 is 2.30 bits per heavy atom. The Bertz CT molecular complexity index is 678. The number of carboxylic acids is 1. The number of hydrogen-bond donors (Lipinski definition) is 2. The van der Waals surface area contributed by atoms with Gasteiger partial charge in [0, 0.05) is 0 Å². The molecule has 4 nitrogen and oxygen atoms in total. The molecule has 0 unspecified atom stereocenters. The Hall–Kier alpha value is -2.49. The van der Waals surface area contributed by atoms with Crippen molar-refractivity contribution in [2.45, 2.75) is 20.8 Å². The lowest BCUT2D eigenvalue weighted by molar-refractivity contribution is 0.0696. The van der Waals surface area contributed by atoms with Gasteiger partial charge in [-0.2, -0.15) is 0 Å². The minimum atomic E-state index is -1.01. The second-order valence-electron chi connectivity index (χ2n) is 4.86. The number of carbonyl (C=O) groups is 1. The molecule has 0 saturated heterocycles. The molecule has 0 aliphatic rings. The molecule has 0 fully saturated rings. The van der Waals surface area contributed by atoms with E-state index in [4.69, 9.17) is 15.6 Å². The van der Waals surface area contributed by atoms with Crippen LogP contribution in [0.1, 0.15) is 27.0 Å². The van der Waals surface area contributed by atoms with E-state index in [1.807, 2.05) is 32.9 Å². The molecule has 2 rings (SSSR count). The Balaban J connectivity index is 2.42. The highest BCUT2D eigenvalue weighted by Crippen LogP contribution is 2.32. The summed E-state index contributed by atoms with van der Waals surface area (Å²) in [6.45, 7) is 5.98. The predicted octanol–water partition coefficient (Wildman–Crippen LogP) is 3.68. The van der Waals surface area contributed by atoms with Gasteiger partial charge in [-0.25, -0.2) is 4.79 Å². The first-order valence-corrected chi connectivity index (χ1v) is 6.27. The van der Waals surface area contributed by atoms with Gasteiger partial charge in [-0.1, -0.05) is 6.07 Å². The van der Waals surface area contributed by atoms with Crippen molar-refractivity contribution in [2.75, 3.05) is 5.73 Å². The number of nitrogen functional groups attached to an aromatic ring is 1. The molecular weight excluding hydrogens is 254 g/mol. The Kier molecular flexibility index (Phi) is 3.66. The Labute approximate surface area is 117 Å². The van der Waals surface area contributed by atoms with Crippen LogP contribution in [0.2, 0.25) is 0 Å². The van der Waals surface area contributed by atoms with Gasteiger partial charge in [-0.15, -0.1) is 0 Å². The van der Waals surface area contributed by atoms with Gasteiger partial charge in [-0.3, -0.25) is 0 Å². The Morgan fingerprint density at radius 1 is 1.00 bits per heavy atom. The molecule has 0 radical (unpaired) electrons. The summed E-state index contributed by atoms with van der Waals surface area (Å²) in [5.41, 5.74) is 9.67. The highest BCUT2D eigenvalue weighted by Gasteiger charge is 2.10. The van der Waals surface area contributed by atoms with Gasteiger partial charge in [0.2, 0.25) is 0 Å². The van der Waals surface area contributed by atoms with Gasteiger partial charge in [0.15, 0.2) is 5.75 Å². The second-order valence-corrected chi connectivity index (χ2v) is 4.86. The minimum Gasteiger partial charge on any atom is -0.478 e. The second kappa shape index (κ2) is 5.25. The Morgan fingerprint density at radius 2 is 1.65 bits per heavy atom. The fourth-order valence-electron chi connectivity index (χ4n) is 1.92. The average Bonchev–Trinajstić information content (AvgIpc) is 2.38. The van der Waals surface area contributed by atoms with Crippen LogP contribution in [0.3, 0.4) is 0 Å². The molecule has 0 bridgehead atoms. The van der Waals surface area contributed by atoms with Crippen LogP contribution in [-0.2, 0) is 0 Å². The molecule has 3 N–H and O–H groups in total. The summed E-state index contributed by atoms with van der Waals surface area (Å²) >= 11 is 0. The summed E-state index contributed by atoms with van der Waals surface area (Å²) in [5.74, 6) is 0.0326. The summed E-state index contributed by atoms with van der Waals surface area (Å²) < 4.78 is 5.78. The largest absolute Gasteiger partial charge is 0.478 e. The van der Waals surface area contributed by atoms with E-state index in [1.54, 1.807) is 0 Å². The molecule has 4 heteroatoms. The van der Waals surface area contributed by atoms with Crippen molar-refractivity contribution < 1.29 is 14.6 Å². The van der Waals surface area contributed by atoms with E-state index in [0.29, 0.717) is 17.2 Å². The summed E-state index contributed by atoms with van der Waals surface area (Å²) in [5, 5.41) is 9.00. The van der Waals surface area contributed by atoms with Crippen LogP contribution in [0.15, 0.2) is 30.3 Å². The number of ether oxygens (including phenoxy) is 1. The van der Waals surface area contributed by atoms with Crippen LogP contribution in [0.25, 0.3) is 0 Å². The van der Waals surface area contributed by atoms with E-state index >= 15 is 0 Å². The van der Waals surface area contributed by atoms with Crippen LogP contribution >= 0.6 is 0 Å². The molecule has 0 aliphatic carbocycles. The van der Waals surface area contributed by atoms with Crippen molar-refractivity contribution in [1.82, 2.24) is 0 Å². The van der Waals surface area contributed by atoms with E-state index in [-0.39, 0.29) is 5.56 Å². The minimum absolute atomic E-state index is 0.149. The molecule has 2 aromatic carbocycles. The maximum atomic E-state index is 11.0. The quantitative estimate of drug-likeness (QED) is 0.835. The zero-order valence-electron chi connectivity index (χ0n) is 11.7. The lowest BCUT2D eigenvalue weighted by Crippen LogP contribution is -2.00. The molecule has 0 heterocycles. The third kappa shape index (κ3) is 2.74. The number of hydrogen-bond acceptors (Lipinski definition) is 3. The SMILES string of the molecule is Cc1cc(C)c(Oc2cc(C(=O)O)ccc2N)cc1C. The van der Waals surface area contributed by atoms with Gasteiger partial charge in [0.05, 0.1) is 11.3 Å². The molecule has 0 aromatic heterocycles. The van der Waals surface area contributed by atoms with Crippen LogP contribution in [-0.4, -0.2) is 11.1 Å². The third-order valence-electron chi connectivity index (χ3n) is 3.27. The smallest absolute Gasteiger partial charge is 0.335 e. The lowest BCUT2D eigenvalue weighted by atomic mass is 10.1. The first-order chi connectivity index (χ1) is 9.38. The van der Waals surface area contributed by atoms with E-state index in [1.165, 1.54) is 23.8 Å². The first kappa shape index (κ1) is 13.9. The summed E-state index contributed by atoms with van der Waals surface area (Å²) in [7, 11) is 0. The van der Waals surface area contributed by atoms with Crippen LogP contribution in [0, 0.1) is 20.8 Å². The molecule has 0 amide bonds. The summed E-state index contributed by atoms with van der Waals surface area (Å²) in [6, 6.07) is 8.39. The number of benzene rings is 2. The molecular formula is C16H17NO3. The number of anilines is 1. The molecule has 0 saturated carbocycles. The molecule has 20 heavy (non-hydrogen) atoms. The topological polar surface area (TPSA) is 72.5 Å². The fraction of sp³-hybridized carbons (Fsp3) is 0.188. The zero-order chi connectivity index (χ0) is 14.9. The fourth-order valence-corrected chi connectivity index (χ4v) is 1.92. The van der Waals surface area contributed by atoms with Crippen molar-refractivity contribution in [2.24, 2.45) is 0 Å². The highest BCUT2D eigenvalue weighted by atomic mass is 16.5. The van der Waals surface area contributed by atoms with Crippen LogP contribution in [0.5, 0.6) is 11.5 Å². The maximum Gasteiger partial charge on any atom is 0.335 e. The van der Waals surface area contributed by atoms with Gasteiger partial charge in [0.1, 0.15) is 5.75 Å². The van der Waals surface area contributed by atoms with Gasteiger partial charge in [-0.05, 0) is 61.7 Å². The van der Waals surface area contributed by atoms with Crippen molar-refractivity contribution >= 4 is 11.7 Å². The average molecular weight is 271 g/mol. The van der Waals surface area contributed by atoms with Crippen molar-refractivity contribution in [1.29, 1.82) is 0 Å². The van der Waals surface area contributed by atoms with Gasteiger partial charge < -0.3 is 15.6 Å². The molecule has 0 atom stereocenters. The molecule has 0 aliphatic heterocycles. The predicted molar refractivity (Wildman–Crippen MR) is 78.5 cm³/mol. The summed E-state index contributed by atoms with van der Waals surface area (Å²) in [4.78, 5) is 11.0. The normalized spacial score (nSPS) is 10.3. The molecule has 104 valence electrons. The van der Waals surface area contributed by atoms with Crippen LogP contribution < -0.4 is 10.5 Å². The zero-order valence-corrected chi connectivity index (χ0v) is 11.7. The number of nitrogens with two attached hydrogens (primary N) is 1. The molecule has 2 aromatic rings. The van der Waals surface area contributed by atoms with Crippen molar-refractivity contribution in [3.63, 3.8) is 0 Å². The van der Waals surface area contributed by atoms with Gasteiger partial charge in [0.25, 0.3) is 0 Å². The highest BCUT2D eigenvalue weighted by molar-refractivity contribution is 5.89. The number of carboxylic acid groups (broad SMARTS) is 1. The number of aromatic carboxylic acids is 1. The monoisotopic (exact) mass is 271 g/mol. The summed E-state index contributed by atoms with van der Waals surface area (Å²) in [6.07, 6.45) is 0. The van der Waals surface area contributed by atoms with E-state index in [0.717, 1.165) is 11.1 Å².